The van der Waals surface area contributed by atoms with Gasteiger partial charge in [-0.3, -0.25) is 24.2 Å². The van der Waals surface area contributed by atoms with Crippen LogP contribution >= 0.6 is 0 Å². The number of nitrogens with zero attached hydrogens (tertiary/aromatic N) is 3. The zero-order valence-electron chi connectivity index (χ0n) is 15.6. The smallest absolute Gasteiger partial charge is 0.341 e. The first-order chi connectivity index (χ1) is 13.2. The number of hydrogen-bond donors (Lipinski definition) is 0. The molecule has 0 radical (unpaired) electrons. The van der Waals surface area contributed by atoms with Gasteiger partial charge in [0.05, 0.1) is 17.7 Å². The van der Waals surface area contributed by atoms with E-state index in [9.17, 15) is 27.6 Å². The molecule has 2 heterocycles. The van der Waals surface area contributed by atoms with Gasteiger partial charge in [0.1, 0.15) is 0 Å². The van der Waals surface area contributed by atoms with Crippen LogP contribution in [0.3, 0.4) is 0 Å². The van der Waals surface area contributed by atoms with Gasteiger partial charge < -0.3 is 4.90 Å². The number of alkyl halides is 3. The third-order valence-corrected chi connectivity index (χ3v) is 5.02. The quantitative estimate of drug-likeness (QED) is 0.730. The molecule has 0 N–H and O–H groups in total. The van der Waals surface area contributed by atoms with Crippen LogP contribution in [0.4, 0.5) is 13.2 Å². The van der Waals surface area contributed by atoms with Crippen molar-refractivity contribution in [3.05, 3.63) is 34.9 Å². The van der Waals surface area contributed by atoms with Crippen molar-refractivity contribution in [2.75, 3.05) is 39.3 Å². The van der Waals surface area contributed by atoms with E-state index in [0.717, 1.165) is 10.5 Å². The predicted octanol–water partition coefficient (Wildman–Crippen LogP) is 2.08. The van der Waals surface area contributed by atoms with Crippen molar-refractivity contribution in [2.45, 2.75) is 25.9 Å². The van der Waals surface area contributed by atoms with Crippen LogP contribution in [0, 0.1) is 6.92 Å². The molecule has 1 saturated heterocycles. The average Bonchev–Trinajstić information content (AvgIpc) is 2.77. The third kappa shape index (κ3) is 4.52. The van der Waals surface area contributed by atoms with E-state index in [1.807, 2.05) is 6.92 Å². The molecule has 0 atom stereocenters. The SMILES string of the molecule is Cc1ccc2c(c1)C(=O)N(CCC(=O)N1CCCN(CC(F)(F)F)CC1)C2=O. The van der Waals surface area contributed by atoms with Crippen molar-refractivity contribution in [1.29, 1.82) is 0 Å². The van der Waals surface area contributed by atoms with E-state index in [1.54, 1.807) is 18.2 Å². The highest BCUT2D eigenvalue weighted by Gasteiger charge is 2.36. The largest absolute Gasteiger partial charge is 0.401 e. The molecule has 0 unspecified atom stereocenters. The second kappa shape index (κ2) is 7.90. The lowest BCUT2D eigenvalue weighted by atomic mass is 10.1. The summed E-state index contributed by atoms with van der Waals surface area (Å²) in [4.78, 5) is 41.2. The number of hydrogen-bond acceptors (Lipinski definition) is 4. The molecular formula is C19H22F3N3O3. The van der Waals surface area contributed by atoms with Gasteiger partial charge in [0.15, 0.2) is 0 Å². The van der Waals surface area contributed by atoms with Crippen molar-refractivity contribution >= 4 is 17.7 Å². The van der Waals surface area contributed by atoms with Crippen LogP contribution in [0.2, 0.25) is 0 Å². The summed E-state index contributed by atoms with van der Waals surface area (Å²) in [6, 6.07) is 5.01. The minimum Gasteiger partial charge on any atom is -0.341 e. The van der Waals surface area contributed by atoms with Crippen LogP contribution in [-0.4, -0.2) is 77.9 Å². The molecule has 1 aromatic rings. The van der Waals surface area contributed by atoms with E-state index in [2.05, 4.69) is 0 Å². The molecule has 0 bridgehead atoms. The molecule has 0 spiro atoms. The second-order valence-corrected chi connectivity index (χ2v) is 7.19. The maximum Gasteiger partial charge on any atom is 0.401 e. The van der Waals surface area contributed by atoms with E-state index in [-0.39, 0.29) is 38.5 Å². The zero-order chi connectivity index (χ0) is 20.5. The van der Waals surface area contributed by atoms with Gasteiger partial charge in [-0.15, -0.1) is 0 Å². The minimum atomic E-state index is -4.26. The lowest BCUT2D eigenvalue weighted by Crippen LogP contribution is -2.40. The highest BCUT2D eigenvalue weighted by Crippen LogP contribution is 2.24. The zero-order valence-corrected chi connectivity index (χ0v) is 15.6. The standard InChI is InChI=1S/C19H22F3N3O3/c1-13-3-4-14-15(11-13)18(28)25(17(14)27)8-5-16(26)24-7-2-6-23(9-10-24)12-19(20,21)22/h3-4,11H,2,5-10,12H2,1H3. The molecule has 0 aliphatic carbocycles. The number of amides is 3. The Balaban J connectivity index is 1.55. The normalized spacial score (nSPS) is 18.4. The number of rotatable bonds is 4. The summed E-state index contributed by atoms with van der Waals surface area (Å²) in [5, 5.41) is 0. The van der Waals surface area contributed by atoms with Crippen molar-refractivity contribution in [3.8, 4) is 0 Å². The third-order valence-electron chi connectivity index (χ3n) is 5.02. The molecule has 6 nitrogen and oxygen atoms in total. The van der Waals surface area contributed by atoms with Gasteiger partial charge in [-0.1, -0.05) is 11.6 Å². The Morgan fingerprint density at radius 3 is 2.46 bits per heavy atom. The monoisotopic (exact) mass is 397 g/mol. The molecule has 3 amide bonds. The van der Waals surface area contributed by atoms with E-state index < -0.39 is 24.5 Å². The van der Waals surface area contributed by atoms with Crippen LogP contribution in [0.25, 0.3) is 0 Å². The van der Waals surface area contributed by atoms with Crippen molar-refractivity contribution in [3.63, 3.8) is 0 Å². The maximum atomic E-state index is 12.5. The van der Waals surface area contributed by atoms with Crippen LogP contribution < -0.4 is 0 Å². The number of carbonyl (C=O) groups is 3. The fourth-order valence-electron chi connectivity index (χ4n) is 3.61. The first kappa shape index (κ1) is 20.3. The van der Waals surface area contributed by atoms with E-state index >= 15 is 0 Å². The molecule has 0 aromatic heterocycles. The molecule has 1 aromatic carbocycles. The molecule has 2 aliphatic rings. The molecule has 3 rings (SSSR count). The molecule has 2 aliphatic heterocycles. The van der Waals surface area contributed by atoms with Crippen molar-refractivity contribution < 1.29 is 27.6 Å². The first-order valence-electron chi connectivity index (χ1n) is 9.19. The molecule has 152 valence electrons. The Hall–Kier alpha value is -2.42. The Labute approximate surface area is 160 Å². The van der Waals surface area contributed by atoms with E-state index in [0.29, 0.717) is 24.1 Å². The van der Waals surface area contributed by atoms with Gasteiger partial charge in [-0.05, 0) is 25.5 Å². The molecule has 28 heavy (non-hydrogen) atoms. The van der Waals surface area contributed by atoms with Crippen molar-refractivity contribution in [2.24, 2.45) is 0 Å². The first-order valence-corrected chi connectivity index (χ1v) is 9.19. The second-order valence-electron chi connectivity index (χ2n) is 7.19. The van der Waals surface area contributed by atoms with E-state index in [4.69, 9.17) is 0 Å². The van der Waals surface area contributed by atoms with Gasteiger partial charge in [0, 0.05) is 39.1 Å². The highest BCUT2D eigenvalue weighted by atomic mass is 19.4. The fourth-order valence-corrected chi connectivity index (χ4v) is 3.61. The summed E-state index contributed by atoms with van der Waals surface area (Å²) >= 11 is 0. The summed E-state index contributed by atoms with van der Waals surface area (Å²) in [5.74, 6) is -1.09. The summed E-state index contributed by atoms with van der Waals surface area (Å²) in [7, 11) is 0. The number of aryl methyl sites for hydroxylation is 1. The number of halogens is 3. The summed E-state index contributed by atoms with van der Waals surface area (Å²) < 4.78 is 37.6. The highest BCUT2D eigenvalue weighted by molar-refractivity contribution is 6.21. The Kier molecular flexibility index (Phi) is 5.74. The van der Waals surface area contributed by atoms with Gasteiger partial charge >= 0.3 is 6.18 Å². The molecule has 9 heteroatoms. The fraction of sp³-hybridized carbons (Fsp3) is 0.526. The van der Waals surface area contributed by atoms with Gasteiger partial charge in [-0.25, -0.2) is 0 Å². The van der Waals surface area contributed by atoms with Gasteiger partial charge in [0.25, 0.3) is 11.8 Å². The number of imide groups is 1. The minimum absolute atomic E-state index is 0.0347. The van der Waals surface area contributed by atoms with E-state index in [1.165, 1.54) is 9.80 Å². The predicted molar refractivity (Wildman–Crippen MR) is 94.9 cm³/mol. The number of benzene rings is 1. The topological polar surface area (TPSA) is 60.9 Å². The van der Waals surface area contributed by atoms with Gasteiger partial charge in [-0.2, -0.15) is 13.2 Å². The van der Waals surface area contributed by atoms with Gasteiger partial charge in [0.2, 0.25) is 5.91 Å². The summed E-state index contributed by atoms with van der Waals surface area (Å²) in [6.45, 7) is 1.81. The van der Waals surface area contributed by atoms with Crippen LogP contribution in [0.1, 0.15) is 39.1 Å². The lowest BCUT2D eigenvalue weighted by molar-refractivity contribution is -0.145. The summed E-state index contributed by atoms with van der Waals surface area (Å²) in [6.07, 6.45) is -3.85. The Morgan fingerprint density at radius 2 is 1.75 bits per heavy atom. The number of fused-ring (bicyclic) bond motifs is 1. The molecule has 0 saturated carbocycles. The molecular weight excluding hydrogens is 375 g/mol. The van der Waals surface area contributed by atoms with Crippen molar-refractivity contribution in [1.82, 2.24) is 14.7 Å². The summed E-state index contributed by atoms with van der Waals surface area (Å²) in [5.41, 5.74) is 1.54. The number of carbonyl (C=O) groups excluding carboxylic acids is 3. The lowest BCUT2D eigenvalue weighted by Gasteiger charge is -2.23. The Bertz CT molecular complexity index is 794. The van der Waals surface area contributed by atoms with Crippen LogP contribution in [0.5, 0.6) is 0 Å². The van der Waals surface area contributed by atoms with Crippen LogP contribution in [0.15, 0.2) is 18.2 Å². The maximum absolute atomic E-state index is 12.5. The average molecular weight is 397 g/mol. The van der Waals surface area contributed by atoms with Crippen LogP contribution in [-0.2, 0) is 4.79 Å². The Morgan fingerprint density at radius 1 is 1.04 bits per heavy atom. The molecule has 1 fully saturated rings.